The van der Waals surface area contributed by atoms with E-state index in [9.17, 15) is 21.6 Å². The van der Waals surface area contributed by atoms with Crippen LogP contribution in [0.3, 0.4) is 0 Å². The van der Waals surface area contributed by atoms with Crippen molar-refractivity contribution in [3.63, 3.8) is 0 Å². The third kappa shape index (κ3) is 5.01. The van der Waals surface area contributed by atoms with Crippen molar-refractivity contribution >= 4 is 26.5 Å². The Morgan fingerprint density at radius 3 is 2.54 bits per heavy atom. The van der Waals surface area contributed by atoms with Crippen LogP contribution in [0.5, 0.6) is 0 Å². The summed E-state index contributed by atoms with van der Waals surface area (Å²) in [6.07, 6.45) is 2.31. The molecule has 0 N–H and O–H groups in total. The van der Waals surface area contributed by atoms with Crippen LogP contribution in [0.2, 0.25) is 0 Å². The van der Waals surface area contributed by atoms with E-state index in [2.05, 4.69) is 15.0 Å². The Morgan fingerprint density at radius 1 is 1.20 bits per heavy atom. The van der Waals surface area contributed by atoms with Gasteiger partial charge in [0.15, 0.2) is 5.49 Å². The van der Waals surface area contributed by atoms with Gasteiger partial charge in [-0.25, -0.2) is 26.6 Å². The summed E-state index contributed by atoms with van der Waals surface area (Å²) in [5, 5.41) is 0.673. The molecule has 2 aromatic heterocycles. The van der Waals surface area contributed by atoms with Crippen molar-refractivity contribution in [3.05, 3.63) is 70.5 Å². The highest BCUT2D eigenvalue weighted by molar-refractivity contribution is 7.88. The number of aromatic nitrogens is 3. The van der Waals surface area contributed by atoms with Crippen LogP contribution < -0.4 is 5.49 Å². The first kappa shape index (κ1) is 25.1. The van der Waals surface area contributed by atoms with Crippen LogP contribution in [0.15, 0.2) is 41.5 Å². The first-order valence-electron chi connectivity index (χ1n) is 11.1. The number of hydrogen-bond donors (Lipinski definition) is 0. The summed E-state index contributed by atoms with van der Waals surface area (Å²) >= 11 is 0. The quantitative estimate of drug-likeness (QED) is 0.524. The third-order valence-electron chi connectivity index (χ3n) is 6.27. The summed E-state index contributed by atoms with van der Waals surface area (Å²) in [6, 6.07) is 4.98. The van der Waals surface area contributed by atoms with Gasteiger partial charge in [-0.05, 0) is 31.9 Å². The first-order chi connectivity index (χ1) is 16.5. The number of sulfonamides is 1. The lowest BCUT2D eigenvalue weighted by atomic mass is 10.0. The molecular formula is C24H26F3N5O2S. The molecule has 1 aliphatic rings. The molecular weight excluding hydrogens is 479 g/mol. The molecule has 0 amide bonds. The Bertz CT molecular complexity index is 1500. The van der Waals surface area contributed by atoms with Crippen LogP contribution in [-0.2, 0) is 17.1 Å². The molecule has 0 radical (unpaired) electrons. The van der Waals surface area contributed by atoms with Crippen molar-refractivity contribution in [2.24, 2.45) is 12.0 Å². The lowest BCUT2D eigenvalue weighted by molar-refractivity contribution is 0.146. The average Bonchev–Trinajstić information content (AvgIpc) is 2.81. The molecule has 35 heavy (non-hydrogen) atoms. The molecule has 1 atom stereocenters. The van der Waals surface area contributed by atoms with Crippen LogP contribution in [0.1, 0.15) is 48.5 Å². The van der Waals surface area contributed by atoms with Gasteiger partial charge in [0, 0.05) is 31.1 Å². The summed E-state index contributed by atoms with van der Waals surface area (Å²) in [5.74, 6) is -0.313. The molecule has 0 saturated carbocycles. The Labute approximate surface area is 201 Å². The number of aryl methyl sites for hydroxylation is 2. The van der Waals surface area contributed by atoms with Gasteiger partial charge < -0.3 is 4.57 Å². The normalized spacial score (nSPS) is 16.7. The van der Waals surface area contributed by atoms with E-state index < -0.39 is 33.9 Å². The van der Waals surface area contributed by atoms with E-state index in [0.29, 0.717) is 35.4 Å². The molecule has 0 aliphatic carbocycles. The van der Waals surface area contributed by atoms with E-state index in [-0.39, 0.29) is 12.1 Å². The third-order valence-corrected chi connectivity index (χ3v) is 7.54. The van der Waals surface area contributed by atoms with E-state index in [0.717, 1.165) is 17.2 Å². The van der Waals surface area contributed by atoms with Gasteiger partial charge in [-0.2, -0.15) is 4.31 Å². The zero-order valence-electron chi connectivity index (χ0n) is 19.8. The Hall–Kier alpha value is -3.05. The molecule has 4 rings (SSSR count). The Balaban J connectivity index is 1.82. The van der Waals surface area contributed by atoms with Gasteiger partial charge in [-0.15, -0.1) is 0 Å². The number of rotatable bonds is 5. The van der Waals surface area contributed by atoms with Crippen molar-refractivity contribution in [1.82, 2.24) is 18.8 Å². The summed E-state index contributed by atoms with van der Waals surface area (Å²) < 4.78 is 68.0. The van der Waals surface area contributed by atoms with Gasteiger partial charge in [0.2, 0.25) is 10.0 Å². The van der Waals surface area contributed by atoms with Gasteiger partial charge in [0.05, 0.1) is 35.3 Å². The van der Waals surface area contributed by atoms with Crippen LogP contribution in [0.25, 0.3) is 16.5 Å². The van der Waals surface area contributed by atoms with Crippen LogP contribution >= 0.6 is 0 Å². The van der Waals surface area contributed by atoms with Crippen LogP contribution in [0, 0.1) is 12.7 Å². The average molecular weight is 506 g/mol. The standard InChI is InChI=1S/C24H26F3N5O2S/c1-14(17-6-5-7-18(22(17)25)23(26)27)29-24-19-12-20(28-13-21(19)31(3)15(2)30-24)16-8-10-32(11-9-16)35(4,33)34/h5-8,12-14,23H,9-11H2,1-4H3/b29-24-/t14-/m1/s1. The summed E-state index contributed by atoms with van der Waals surface area (Å²) in [7, 11) is -1.43. The number of fused-ring (bicyclic) bond motifs is 1. The van der Waals surface area contributed by atoms with Crippen molar-refractivity contribution in [1.29, 1.82) is 0 Å². The monoisotopic (exact) mass is 505 g/mol. The summed E-state index contributed by atoms with van der Waals surface area (Å²) in [5.41, 5.74) is 2.09. The minimum absolute atomic E-state index is 0.0637. The van der Waals surface area contributed by atoms with E-state index >= 15 is 0 Å². The molecule has 1 aromatic carbocycles. The fourth-order valence-corrected chi connectivity index (χ4v) is 4.90. The molecule has 0 fully saturated rings. The smallest absolute Gasteiger partial charge is 0.266 e. The summed E-state index contributed by atoms with van der Waals surface area (Å²) in [4.78, 5) is 13.8. The number of benzene rings is 1. The molecule has 0 unspecified atom stereocenters. The van der Waals surface area contributed by atoms with Gasteiger partial charge in [0.1, 0.15) is 11.6 Å². The summed E-state index contributed by atoms with van der Waals surface area (Å²) in [6.45, 7) is 4.06. The molecule has 0 bridgehead atoms. The van der Waals surface area contributed by atoms with Crippen molar-refractivity contribution in [2.45, 2.75) is 32.7 Å². The minimum Gasteiger partial charge on any atom is -0.331 e. The first-order valence-corrected chi connectivity index (χ1v) is 12.9. The second-order valence-corrected chi connectivity index (χ2v) is 10.6. The molecule has 1 aliphatic heterocycles. The largest absolute Gasteiger partial charge is 0.331 e. The lowest BCUT2D eigenvalue weighted by Gasteiger charge is -2.24. The van der Waals surface area contributed by atoms with Crippen molar-refractivity contribution in [2.75, 3.05) is 19.3 Å². The zero-order chi connectivity index (χ0) is 25.5. The molecule has 3 aromatic rings. The minimum atomic E-state index is -3.27. The highest BCUT2D eigenvalue weighted by atomic mass is 32.2. The van der Waals surface area contributed by atoms with Gasteiger partial charge in [0.25, 0.3) is 6.43 Å². The molecule has 11 heteroatoms. The molecule has 7 nitrogen and oxygen atoms in total. The number of alkyl halides is 2. The molecule has 186 valence electrons. The predicted molar refractivity (Wildman–Crippen MR) is 128 cm³/mol. The Kier molecular flexibility index (Phi) is 6.83. The molecule has 0 saturated heterocycles. The number of pyridine rings is 1. The molecule has 0 spiro atoms. The van der Waals surface area contributed by atoms with E-state index in [1.54, 1.807) is 20.0 Å². The highest BCUT2D eigenvalue weighted by Gasteiger charge is 2.22. The lowest BCUT2D eigenvalue weighted by Crippen LogP contribution is -2.33. The fourth-order valence-electron chi connectivity index (χ4n) is 4.13. The van der Waals surface area contributed by atoms with Gasteiger partial charge >= 0.3 is 0 Å². The topological polar surface area (TPSA) is 80.5 Å². The van der Waals surface area contributed by atoms with Crippen LogP contribution in [0.4, 0.5) is 13.2 Å². The second kappa shape index (κ2) is 9.54. The highest BCUT2D eigenvalue weighted by Crippen LogP contribution is 2.29. The SMILES string of the molecule is Cc1n/c(=N\[C@H](C)c2cccc(C(F)F)c2F)c2cc(C3=CCN(S(C)(=O)=O)CC3)ncc2n1C. The number of halogens is 3. The van der Waals surface area contributed by atoms with E-state index in [1.807, 2.05) is 23.8 Å². The van der Waals surface area contributed by atoms with E-state index in [1.165, 1.54) is 22.7 Å². The maximum absolute atomic E-state index is 14.7. The number of nitrogens with zero attached hydrogens (tertiary/aromatic N) is 5. The fraction of sp³-hybridized carbons (Fsp3) is 0.375. The molecule has 3 heterocycles. The van der Waals surface area contributed by atoms with E-state index in [4.69, 9.17) is 0 Å². The van der Waals surface area contributed by atoms with Crippen LogP contribution in [-0.4, -0.2) is 46.6 Å². The van der Waals surface area contributed by atoms with Crippen molar-refractivity contribution < 1.29 is 21.6 Å². The zero-order valence-corrected chi connectivity index (χ0v) is 20.7. The van der Waals surface area contributed by atoms with Gasteiger partial charge in [-0.1, -0.05) is 24.3 Å². The maximum Gasteiger partial charge on any atom is 0.266 e. The Morgan fingerprint density at radius 2 is 1.91 bits per heavy atom. The van der Waals surface area contributed by atoms with Crippen molar-refractivity contribution in [3.8, 4) is 0 Å². The maximum atomic E-state index is 14.7. The van der Waals surface area contributed by atoms with Gasteiger partial charge in [-0.3, -0.25) is 9.98 Å². The number of hydrogen-bond acceptors (Lipinski definition) is 5. The second-order valence-electron chi connectivity index (χ2n) is 8.58. The predicted octanol–water partition coefficient (Wildman–Crippen LogP) is 4.06.